The molecule has 1 aliphatic heterocycles. The first-order valence-electron chi connectivity index (χ1n) is 6.95. The average Bonchev–Trinajstić information content (AvgIpc) is 2.76. The molecule has 1 aromatic rings. The molecule has 1 fully saturated rings. The highest BCUT2D eigenvalue weighted by atomic mass is 35.5. The number of nitrogens with one attached hydrogen (secondary N) is 1. The van der Waals surface area contributed by atoms with Crippen molar-refractivity contribution >= 4 is 17.6 Å². The molecule has 0 atom stereocenters. The van der Waals surface area contributed by atoms with Crippen molar-refractivity contribution in [3.63, 3.8) is 0 Å². The first-order valence-corrected chi connectivity index (χ1v) is 7.33. The molecule has 1 saturated carbocycles. The lowest BCUT2D eigenvalue weighted by molar-refractivity contribution is 0.242. The zero-order valence-corrected chi connectivity index (χ0v) is 12.1. The first kappa shape index (κ1) is 12.8. The zero-order chi connectivity index (χ0) is 13.3. The van der Waals surface area contributed by atoms with E-state index in [1.54, 1.807) is 0 Å². The average molecular weight is 278 g/mol. The third kappa shape index (κ3) is 2.44. The Morgan fingerprint density at radius 2 is 2.05 bits per heavy atom. The molecule has 0 amide bonds. The number of likely N-dealkylation sites (N-methyl/N-ethyl adjacent to an activating group) is 1. The molecule has 0 aromatic heterocycles. The van der Waals surface area contributed by atoms with Gasteiger partial charge >= 0.3 is 0 Å². The predicted molar refractivity (Wildman–Crippen MR) is 79.9 cm³/mol. The quantitative estimate of drug-likeness (QED) is 0.920. The van der Waals surface area contributed by atoms with Crippen LogP contribution in [0.4, 0.5) is 0 Å². The Balaban J connectivity index is 1.71. The third-order valence-electron chi connectivity index (χ3n) is 4.41. The van der Waals surface area contributed by atoms with E-state index in [1.807, 2.05) is 12.1 Å². The van der Waals surface area contributed by atoms with Crippen LogP contribution in [-0.4, -0.2) is 37.5 Å². The van der Waals surface area contributed by atoms with Gasteiger partial charge in [0.2, 0.25) is 0 Å². The molecular weight excluding hydrogens is 258 g/mol. The molecule has 0 radical (unpaired) electrons. The second-order valence-corrected chi connectivity index (χ2v) is 6.06. The fraction of sp³-hybridized carbons (Fsp3) is 0.533. The minimum absolute atomic E-state index is 0.274. The summed E-state index contributed by atoms with van der Waals surface area (Å²) in [5.74, 6) is 1.04. The Morgan fingerprint density at radius 3 is 2.58 bits per heavy atom. The van der Waals surface area contributed by atoms with E-state index in [0.29, 0.717) is 0 Å². The molecule has 0 bridgehead atoms. The molecule has 4 heteroatoms. The van der Waals surface area contributed by atoms with E-state index < -0.39 is 0 Å². The summed E-state index contributed by atoms with van der Waals surface area (Å²) in [4.78, 5) is 6.69. The summed E-state index contributed by atoms with van der Waals surface area (Å²) in [5, 5.41) is 4.34. The van der Waals surface area contributed by atoms with Crippen LogP contribution in [0.3, 0.4) is 0 Å². The molecule has 2 aliphatic rings. The number of hydrogen-bond acceptors (Lipinski definition) is 3. The first-order chi connectivity index (χ1) is 9.20. The second kappa shape index (κ2) is 5.04. The summed E-state index contributed by atoms with van der Waals surface area (Å²) < 4.78 is 0. The maximum Gasteiger partial charge on any atom is 0.193 e. The Labute approximate surface area is 119 Å². The minimum Gasteiger partial charge on any atom is -0.355 e. The highest BCUT2D eigenvalue weighted by Gasteiger charge is 2.38. The van der Waals surface area contributed by atoms with Crippen LogP contribution in [0, 0.1) is 0 Å². The van der Waals surface area contributed by atoms with E-state index in [9.17, 15) is 0 Å². The van der Waals surface area contributed by atoms with E-state index >= 15 is 0 Å². The fourth-order valence-electron chi connectivity index (χ4n) is 2.95. The summed E-state index contributed by atoms with van der Waals surface area (Å²) in [6.07, 6.45) is 3.81. The van der Waals surface area contributed by atoms with Gasteiger partial charge in [0.25, 0.3) is 0 Å². The molecular formula is C15H20ClN3. The predicted octanol–water partition coefficient (Wildman–Crippen LogP) is 2.65. The summed E-state index contributed by atoms with van der Waals surface area (Å²) in [7, 11) is 2.09. The summed E-state index contributed by atoms with van der Waals surface area (Å²) in [6.45, 7) is 2.90. The molecule has 3 nitrogen and oxygen atoms in total. The normalized spacial score (nSPS) is 20.9. The lowest BCUT2D eigenvalue weighted by Crippen LogP contribution is -2.48. The van der Waals surface area contributed by atoms with Gasteiger partial charge in [-0.2, -0.15) is 0 Å². The van der Waals surface area contributed by atoms with Crippen molar-refractivity contribution in [2.45, 2.75) is 24.7 Å². The minimum atomic E-state index is 0.274. The van der Waals surface area contributed by atoms with Crippen LogP contribution in [0.15, 0.2) is 29.3 Å². The van der Waals surface area contributed by atoms with E-state index in [4.69, 9.17) is 11.6 Å². The number of benzene rings is 1. The molecule has 1 heterocycles. The highest BCUT2D eigenvalue weighted by molar-refractivity contribution is 6.30. The Kier molecular flexibility index (Phi) is 3.40. The molecule has 1 aromatic carbocycles. The van der Waals surface area contributed by atoms with Gasteiger partial charge in [-0.15, -0.1) is 0 Å². The Hall–Kier alpha value is -1.22. The highest BCUT2D eigenvalue weighted by Crippen LogP contribution is 2.43. The van der Waals surface area contributed by atoms with Gasteiger partial charge < -0.3 is 10.2 Å². The smallest absolute Gasteiger partial charge is 0.193 e. The third-order valence-corrected chi connectivity index (χ3v) is 4.66. The fourth-order valence-corrected chi connectivity index (χ4v) is 3.07. The van der Waals surface area contributed by atoms with Crippen LogP contribution < -0.4 is 5.32 Å². The lowest BCUT2D eigenvalue weighted by Gasteiger charge is -2.43. The maximum absolute atomic E-state index is 5.98. The van der Waals surface area contributed by atoms with Gasteiger partial charge in [-0.1, -0.05) is 30.2 Å². The van der Waals surface area contributed by atoms with Gasteiger partial charge in [0.05, 0.1) is 6.54 Å². The summed E-state index contributed by atoms with van der Waals surface area (Å²) in [6, 6.07) is 8.33. The molecule has 1 N–H and O–H groups in total. The summed E-state index contributed by atoms with van der Waals surface area (Å²) in [5.41, 5.74) is 1.67. The molecule has 0 saturated heterocycles. The topological polar surface area (TPSA) is 27.6 Å². The molecule has 19 heavy (non-hydrogen) atoms. The summed E-state index contributed by atoms with van der Waals surface area (Å²) >= 11 is 5.98. The number of rotatable bonds is 3. The van der Waals surface area contributed by atoms with Crippen molar-refractivity contribution in [1.82, 2.24) is 10.2 Å². The number of aliphatic imine (C=N–C) groups is 1. The van der Waals surface area contributed by atoms with Gasteiger partial charge in [-0.25, -0.2) is 0 Å². The van der Waals surface area contributed by atoms with Gasteiger partial charge in [0.1, 0.15) is 0 Å². The Morgan fingerprint density at radius 1 is 1.32 bits per heavy atom. The number of nitrogens with zero attached hydrogens (tertiary/aromatic N) is 2. The van der Waals surface area contributed by atoms with E-state index in [-0.39, 0.29) is 5.41 Å². The van der Waals surface area contributed by atoms with Gasteiger partial charge in [-0.05, 0) is 30.5 Å². The van der Waals surface area contributed by atoms with E-state index in [2.05, 4.69) is 34.4 Å². The van der Waals surface area contributed by atoms with E-state index in [1.165, 1.54) is 24.8 Å². The molecule has 0 spiro atoms. The maximum atomic E-state index is 5.98. The van der Waals surface area contributed by atoms with Crippen LogP contribution in [0.25, 0.3) is 0 Å². The van der Waals surface area contributed by atoms with Crippen molar-refractivity contribution in [2.75, 3.05) is 26.7 Å². The zero-order valence-electron chi connectivity index (χ0n) is 11.3. The van der Waals surface area contributed by atoms with Crippen LogP contribution in [0.2, 0.25) is 5.02 Å². The number of halogens is 1. The number of guanidine groups is 1. The van der Waals surface area contributed by atoms with Crippen LogP contribution in [0.1, 0.15) is 24.8 Å². The number of hydrogen-bond donors (Lipinski definition) is 1. The molecule has 3 rings (SSSR count). The van der Waals surface area contributed by atoms with Crippen molar-refractivity contribution < 1.29 is 0 Å². The molecule has 1 aliphatic carbocycles. The van der Waals surface area contributed by atoms with Crippen molar-refractivity contribution in [3.05, 3.63) is 34.9 Å². The second-order valence-electron chi connectivity index (χ2n) is 5.62. The van der Waals surface area contributed by atoms with Crippen molar-refractivity contribution in [1.29, 1.82) is 0 Å². The largest absolute Gasteiger partial charge is 0.355 e. The van der Waals surface area contributed by atoms with Gasteiger partial charge in [-0.3, -0.25) is 4.99 Å². The Bertz CT molecular complexity index is 477. The molecule has 0 unspecified atom stereocenters. The van der Waals surface area contributed by atoms with Crippen LogP contribution in [0.5, 0.6) is 0 Å². The lowest BCUT2D eigenvalue weighted by atomic mass is 9.64. The monoisotopic (exact) mass is 277 g/mol. The SMILES string of the molecule is CN1CCN=C1NCC1(c2ccc(Cl)cc2)CCC1. The van der Waals surface area contributed by atoms with Gasteiger partial charge in [0.15, 0.2) is 5.96 Å². The van der Waals surface area contributed by atoms with Crippen molar-refractivity contribution in [2.24, 2.45) is 4.99 Å². The van der Waals surface area contributed by atoms with Gasteiger partial charge in [0, 0.05) is 30.6 Å². The van der Waals surface area contributed by atoms with Crippen LogP contribution in [-0.2, 0) is 5.41 Å². The standard InChI is InChI=1S/C15H20ClN3/c1-19-10-9-17-14(19)18-11-15(7-2-8-15)12-3-5-13(16)6-4-12/h3-6H,2,7-11H2,1H3,(H,17,18). The van der Waals surface area contributed by atoms with E-state index in [0.717, 1.165) is 30.6 Å². The van der Waals surface area contributed by atoms with Crippen molar-refractivity contribution in [3.8, 4) is 0 Å². The molecule has 102 valence electrons. The van der Waals surface area contributed by atoms with Crippen LogP contribution >= 0.6 is 11.6 Å².